The van der Waals surface area contributed by atoms with Crippen LogP contribution in [0.15, 0.2) is 17.0 Å². The predicted octanol–water partition coefficient (Wildman–Crippen LogP) is 2.03. The second-order valence-electron chi connectivity index (χ2n) is 5.20. The summed E-state index contributed by atoms with van der Waals surface area (Å²) in [6.07, 6.45) is -0.265. The Bertz CT molecular complexity index is 585. The molecule has 1 aliphatic rings. The normalized spacial score (nSPS) is 24.8. The lowest BCUT2D eigenvalue weighted by Gasteiger charge is -2.34. The number of ether oxygens (including phenoxy) is 1. The van der Waals surface area contributed by atoms with Crippen molar-refractivity contribution in [3.63, 3.8) is 0 Å². The monoisotopic (exact) mass is 318 g/mol. The number of sulfonamides is 1. The van der Waals surface area contributed by atoms with Crippen LogP contribution in [0.3, 0.4) is 0 Å². The van der Waals surface area contributed by atoms with Crippen molar-refractivity contribution >= 4 is 27.3 Å². The number of morpholine rings is 1. The van der Waals surface area contributed by atoms with E-state index in [-0.39, 0.29) is 17.1 Å². The highest BCUT2D eigenvalue weighted by molar-refractivity contribution is 7.89. The molecule has 112 valence electrons. The Hall–Kier alpha value is -0.820. The van der Waals surface area contributed by atoms with E-state index in [0.29, 0.717) is 29.4 Å². The zero-order chi connectivity index (χ0) is 15.1. The van der Waals surface area contributed by atoms with Crippen molar-refractivity contribution in [2.24, 2.45) is 0 Å². The number of anilines is 1. The van der Waals surface area contributed by atoms with Crippen LogP contribution in [0.25, 0.3) is 0 Å². The van der Waals surface area contributed by atoms with E-state index in [1.54, 1.807) is 6.92 Å². The second-order valence-corrected chi connectivity index (χ2v) is 7.54. The largest absolute Gasteiger partial charge is 0.398 e. The Kier molecular flexibility index (Phi) is 4.30. The van der Waals surface area contributed by atoms with E-state index < -0.39 is 10.0 Å². The van der Waals surface area contributed by atoms with Gasteiger partial charge in [0, 0.05) is 23.8 Å². The van der Waals surface area contributed by atoms with Crippen LogP contribution < -0.4 is 5.73 Å². The van der Waals surface area contributed by atoms with Crippen molar-refractivity contribution in [2.45, 2.75) is 37.9 Å². The molecule has 0 aromatic heterocycles. The SMILES string of the molecule is Cc1c(N)cc(S(=O)(=O)N2CC(C)OC(C)C2)cc1Cl. The summed E-state index contributed by atoms with van der Waals surface area (Å²) in [5.74, 6) is 0. The Balaban J connectivity index is 2.40. The van der Waals surface area contributed by atoms with Gasteiger partial charge in [-0.2, -0.15) is 4.31 Å². The van der Waals surface area contributed by atoms with Gasteiger partial charge in [-0.25, -0.2) is 8.42 Å². The quantitative estimate of drug-likeness (QED) is 0.847. The molecule has 2 atom stereocenters. The molecule has 1 fully saturated rings. The average molecular weight is 319 g/mol. The molecule has 1 aliphatic heterocycles. The molecule has 0 amide bonds. The van der Waals surface area contributed by atoms with Crippen molar-refractivity contribution in [1.82, 2.24) is 4.31 Å². The van der Waals surface area contributed by atoms with Crippen LogP contribution in [0.4, 0.5) is 5.69 Å². The van der Waals surface area contributed by atoms with Crippen LogP contribution in [0.1, 0.15) is 19.4 Å². The average Bonchev–Trinajstić information content (AvgIpc) is 2.34. The first-order valence-electron chi connectivity index (χ1n) is 6.43. The first kappa shape index (κ1) is 15.6. The number of nitrogens with zero attached hydrogens (tertiary/aromatic N) is 1. The molecule has 0 saturated carbocycles. The molecular weight excluding hydrogens is 300 g/mol. The fourth-order valence-corrected chi connectivity index (χ4v) is 4.24. The van der Waals surface area contributed by atoms with Crippen LogP contribution in [0.5, 0.6) is 0 Å². The number of halogens is 1. The van der Waals surface area contributed by atoms with E-state index >= 15 is 0 Å². The lowest BCUT2D eigenvalue weighted by atomic mass is 10.2. The summed E-state index contributed by atoms with van der Waals surface area (Å²) in [6.45, 7) is 6.13. The Morgan fingerprint density at radius 2 is 1.85 bits per heavy atom. The number of nitrogens with two attached hydrogens (primary N) is 1. The van der Waals surface area contributed by atoms with Crippen molar-refractivity contribution in [1.29, 1.82) is 0 Å². The number of benzene rings is 1. The molecule has 2 rings (SSSR count). The molecule has 5 nitrogen and oxygen atoms in total. The molecule has 1 saturated heterocycles. The van der Waals surface area contributed by atoms with Crippen LogP contribution in [-0.2, 0) is 14.8 Å². The summed E-state index contributed by atoms with van der Waals surface area (Å²) in [5, 5.41) is 0.359. The van der Waals surface area contributed by atoms with Crippen LogP contribution in [0.2, 0.25) is 5.02 Å². The lowest BCUT2D eigenvalue weighted by Crippen LogP contribution is -2.48. The minimum absolute atomic E-state index is 0.131. The molecule has 1 heterocycles. The van der Waals surface area contributed by atoms with Gasteiger partial charge in [-0.15, -0.1) is 0 Å². The van der Waals surface area contributed by atoms with Crippen LogP contribution in [0, 0.1) is 6.92 Å². The molecule has 7 heteroatoms. The summed E-state index contributed by atoms with van der Waals surface area (Å²) in [4.78, 5) is 0.131. The lowest BCUT2D eigenvalue weighted by molar-refractivity contribution is -0.0440. The highest BCUT2D eigenvalue weighted by Gasteiger charge is 2.32. The van der Waals surface area contributed by atoms with Gasteiger partial charge < -0.3 is 10.5 Å². The standard InChI is InChI=1S/C13H19ClN2O3S/c1-8-6-16(7-9(2)19-8)20(17,18)11-4-12(14)10(3)13(15)5-11/h4-5,8-9H,6-7,15H2,1-3H3. The third kappa shape index (κ3) is 2.93. The summed E-state index contributed by atoms with van der Waals surface area (Å²) < 4.78 is 32.3. The van der Waals surface area contributed by atoms with Gasteiger partial charge in [-0.1, -0.05) is 11.6 Å². The second kappa shape index (κ2) is 5.52. The minimum Gasteiger partial charge on any atom is -0.398 e. The molecule has 2 unspecified atom stereocenters. The summed E-state index contributed by atoms with van der Waals surface area (Å²) >= 11 is 6.03. The summed E-state index contributed by atoms with van der Waals surface area (Å²) in [6, 6.07) is 2.91. The van der Waals surface area contributed by atoms with Crippen molar-refractivity contribution < 1.29 is 13.2 Å². The van der Waals surface area contributed by atoms with Gasteiger partial charge in [0.25, 0.3) is 0 Å². The van der Waals surface area contributed by atoms with Gasteiger partial charge in [-0.05, 0) is 38.5 Å². The van der Waals surface area contributed by atoms with E-state index in [0.717, 1.165) is 0 Å². The van der Waals surface area contributed by atoms with Gasteiger partial charge >= 0.3 is 0 Å². The highest BCUT2D eigenvalue weighted by Crippen LogP contribution is 2.29. The number of rotatable bonds is 2. The third-order valence-corrected chi connectivity index (χ3v) is 5.58. The number of nitrogen functional groups attached to an aromatic ring is 1. The van der Waals surface area contributed by atoms with Gasteiger partial charge in [0.1, 0.15) is 0 Å². The third-order valence-electron chi connectivity index (χ3n) is 3.38. The van der Waals surface area contributed by atoms with Crippen molar-refractivity contribution in [3.8, 4) is 0 Å². The maximum atomic E-state index is 12.7. The van der Waals surface area contributed by atoms with Crippen molar-refractivity contribution in [3.05, 3.63) is 22.7 Å². The molecular formula is C13H19ClN2O3S. The fraction of sp³-hybridized carbons (Fsp3) is 0.538. The van der Waals surface area contributed by atoms with Gasteiger partial charge in [-0.3, -0.25) is 0 Å². The zero-order valence-corrected chi connectivity index (χ0v) is 13.3. The van der Waals surface area contributed by atoms with Crippen LogP contribution in [-0.4, -0.2) is 38.0 Å². The smallest absolute Gasteiger partial charge is 0.243 e. The summed E-state index contributed by atoms with van der Waals surface area (Å²) in [7, 11) is -3.60. The topological polar surface area (TPSA) is 72.6 Å². The highest BCUT2D eigenvalue weighted by atomic mass is 35.5. The zero-order valence-electron chi connectivity index (χ0n) is 11.8. The molecule has 0 radical (unpaired) electrons. The predicted molar refractivity (Wildman–Crippen MR) is 79.4 cm³/mol. The van der Waals surface area contributed by atoms with E-state index in [9.17, 15) is 8.42 Å². The first-order chi connectivity index (χ1) is 9.21. The number of hydrogen-bond acceptors (Lipinski definition) is 4. The first-order valence-corrected chi connectivity index (χ1v) is 8.25. The Morgan fingerprint density at radius 1 is 1.30 bits per heavy atom. The van der Waals surface area contributed by atoms with E-state index in [2.05, 4.69) is 0 Å². The maximum Gasteiger partial charge on any atom is 0.243 e. The van der Waals surface area contributed by atoms with Gasteiger partial charge in [0.2, 0.25) is 10.0 Å². The Labute approximate surface area is 124 Å². The van der Waals surface area contributed by atoms with E-state index in [1.165, 1.54) is 16.4 Å². The molecule has 0 aliphatic carbocycles. The molecule has 2 N–H and O–H groups in total. The Morgan fingerprint density at radius 3 is 2.35 bits per heavy atom. The molecule has 0 bridgehead atoms. The van der Waals surface area contributed by atoms with E-state index in [1.807, 2.05) is 13.8 Å². The molecule has 20 heavy (non-hydrogen) atoms. The summed E-state index contributed by atoms with van der Waals surface area (Å²) in [5.41, 5.74) is 6.88. The van der Waals surface area contributed by atoms with Gasteiger partial charge in [0.05, 0.1) is 17.1 Å². The van der Waals surface area contributed by atoms with E-state index in [4.69, 9.17) is 22.1 Å². The molecule has 1 aromatic carbocycles. The molecule has 0 spiro atoms. The maximum absolute atomic E-state index is 12.7. The van der Waals surface area contributed by atoms with Gasteiger partial charge in [0.15, 0.2) is 0 Å². The molecule has 1 aromatic rings. The van der Waals surface area contributed by atoms with Crippen LogP contribution >= 0.6 is 11.6 Å². The fourth-order valence-electron chi connectivity index (χ4n) is 2.30. The minimum atomic E-state index is -3.60. The van der Waals surface area contributed by atoms with Crippen molar-refractivity contribution in [2.75, 3.05) is 18.8 Å². The number of hydrogen-bond donors (Lipinski definition) is 1.